The number of aliphatic hydroxyl groups excluding tert-OH is 2. The number of amides is 5. The van der Waals surface area contributed by atoms with E-state index in [1.165, 1.54) is 30.5 Å². The lowest BCUT2D eigenvalue weighted by molar-refractivity contribution is -0.139. The molecule has 0 bridgehead atoms. The molecule has 0 radical (unpaired) electrons. The molecule has 4 rings (SSSR count). The Morgan fingerprint density at radius 1 is 1.00 bits per heavy atom. The molecule has 13 N–H and O–H groups in total. The van der Waals surface area contributed by atoms with Crippen molar-refractivity contribution in [1.29, 1.82) is 0 Å². The summed E-state index contributed by atoms with van der Waals surface area (Å²) in [6.07, 6.45) is -5.12. The highest BCUT2D eigenvalue weighted by atomic mass is 32.2. The predicted molar refractivity (Wildman–Crippen MR) is 218 cm³/mol. The van der Waals surface area contributed by atoms with Gasteiger partial charge in [0.2, 0.25) is 29.5 Å². The molecular formula is C31H51N10O19P3S. The number of fused-ring (bicyclic) bond motifs is 1. The normalized spacial score (nSPS) is 22.9. The van der Waals surface area contributed by atoms with Crippen LogP contribution in [-0.4, -0.2) is 152 Å². The van der Waals surface area contributed by atoms with Gasteiger partial charge >= 0.3 is 23.5 Å². The van der Waals surface area contributed by atoms with Crippen LogP contribution < -0.4 is 27.6 Å². The summed E-state index contributed by atoms with van der Waals surface area (Å²) < 4.78 is 62.3. The number of rotatable bonds is 26. The summed E-state index contributed by atoms with van der Waals surface area (Å²) in [6.45, 7) is 0.523. The molecule has 4 heterocycles. The minimum Gasteiger partial charge on any atom is -0.386 e. The largest absolute Gasteiger partial charge is 0.481 e. The van der Waals surface area contributed by atoms with E-state index < -0.39 is 89.8 Å². The molecule has 0 aliphatic carbocycles. The lowest BCUT2D eigenvalue weighted by Gasteiger charge is -2.30. The number of nitrogens with zero attached hydrogens (tertiary/aromatic N) is 5. The average molecular weight is 993 g/mol. The summed E-state index contributed by atoms with van der Waals surface area (Å²) in [7, 11) is -16.5. The SMILES string of the molecule is CC(C)(COP(=O)(O)OP(=O)(O)OC[C@H]1O[C@@H](n2cnc3c(N)ncnc32)[C@@H](O)C1OP(=O)(O)O)[C@@H](O)C(=O)NCCC(=O)NCCS[C@H]1CC(=O)N(CCCCCC(=O)NN)C1=O. The number of aliphatic hydroxyl groups is 2. The maximum atomic E-state index is 12.7. The zero-order valence-electron chi connectivity index (χ0n) is 34.2. The van der Waals surface area contributed by atoms with Crippen molar-refractivity contribution in [2.45, 2.75) is 88.3 Å². The lowest BCUT2D eigenvalue weighted by Crippen LogP contribution is -2.46. The van der Waals surface area contributed by atoms with Crippen molar-refractivity contribution < 1.29 is 90.1 Å². The third-order valence-corrected chi connectivity index (χ3v) is 13.8. The number of imide groups is 1. The standard InChI is InChI=1S/C31H51N10O19P3S/c1-31(2,25(46)28(47)35-8-7-19(42)34-9-11-64-18-12-21(44)40(29(18)48)10-5-3-4-6-20(43)39-33)14-57-63(54,55)60-62(52,53)56-13-17-24(59-61(49,50)51)23(45)30(58-17)41-16-38-22-26(32)36-15-37-27(22)41/h15-18,23-25,30,45-46H,3-14,33H2,1-2H3,(H,34,42)(H,35,47)(H,39,43)(H,52,53)(H,54,55)(H2,32,36,37)(H2,49,50,51)/t17-,18+,23+,24?,25+,30-/m1/s1. The Labute approximate surface area is 368 Å². The molecule has 2 aromatic rings. The minimum atomic E-state index is -5.60. The summed E-state index contributed by atoms with van der Waals surface area (Å²) in [5.41, 5.74) is 6.23. The first-order valence-electron chi connectivity index (χ1n) is 19.2. The number of likely N-dealkylation sites (tertiary alicyclic amines) is 1. The molecule has 0 spiro atoms. The van der Waals surface area contributed by atoms with E-state index in [-0.39, 0.29) is 73.6 Å². The van der Waals surface area contributed by atoms with Gasteiger partial charge in [-0.2, -0.15) is 4.31 Å². The first-order chi connectivity index (χ1) is 29.8. The Balaban J connectivity index is 1.17. The second-order valence-corrected chi connectivity index (χ2v) is 20.4. The highest BCUT2D eigenvalue weighted by Gasteiger charge is 2.50. The van der Waals surface area contributed by atoms with Crippen LogP contribution in [0.5, 0.6) is 0 Å². The van der Waals surface area contributed by atoms with Crippen LogP contribution in [0.1, 0.15) is 58.6 Å². The van der Waals surface area contributed by atoms with Crippen molar-refractivity contribution in [2.24, 2.45) is 11.3 Å². The molecule has 8 atom stereocenters. The first kappa shape index (κ1) is 53.1. The van der Waals surface area contributed by atoms with Crippen molar-refractivity contribution >= 4 is 81.7 Å². The van der Waals surface area contributed by atoms with Gasteiger partial charge in [0.15, 0.2) is 17.7 Å². The average Bonchev–Trinajstić information content (AvgIpc) is 3.86. The number of aromatic nitrogens is 4. The number of thioether (sulfide) groups is 1. The Morgan fingerprint density at radius 2 is 1.70 bits per heavy atom. The number of imidazole rings is 1. The summed E-state index contributed by atoms with van der Waals surface area (Å²) in [4.78, 5) is 113. The van der Waals surface area contributed by atoms with E-state index in [4.69, 9.17) is 25.4 Å². The van der Waals surface area contributed by atoms with Crippen LogP contribution >= 0.6 is 35.2 Å². The molecule has 2 aliphatic rings. The molecule has 2 aromatic heterocycles. The van der Waals surface area contributed by atoms with E-state index in [1.807, 2.05) is 5.43 Å². The van der Waals surface area contributed by atoms with E-state index in [1.54, 1.807) is 0 Å². The van der Waals surface area contributed by atoms with Crippen molar-refractivity contribution in [3.63, 3.8) is 0 Å². The van der Waals surface area contributed by atoms with Crippen molar-refractivity contribution in [3.05, 3.63) is 12.7 Å². The Hall–Kier alpha value is -3.54. The molecule has 3 unspecified atom stereocenters. The quantitative estimate of drug-likeness (QED) is 0.0119. The third-order valence-electron chi connectivity index (χ3n) is 9.47. The number of nitrogen functional groups attached to an aromatic ring is 1. The summed E-state index contributed by atoms with van der Waals surface area (Å²) in [5, 5.41) is 25.9. The highest BCUT2D eigenvalue weighted by Crippen LogP contribution is 2.61. The summed E-state index contributed by atoms with van der Waals surface area (Å²) in [5.74, 6) is 2.86. The van der Waals surface area contributed by atoms with Crippen molar-refractivity contribution in [2.75, 3.05) is 44.3 Å². The maximum Gasteiger partial charge on any atom is 0.481 e. The molecule has 64 heavy (non-hydrogen) atoms. The number of anilines is 1. The van der Waals surface area contributed by atoms with E-state index in [9.17, 15) is 67.5 Å². The van der Waals surface area contributed by atoms with Gasteiger partial charge in [-0.1, -0.05) is 20.3 Å². The molecule has 0 saturated carbocycles. The van der Waals surface area contributed by atoms with Gasteiger partial charge in [-0.15, -0.1) is 11.8 Å². The van der Waals surface area contributed by atoms with Crippen molar-refractivity contribution in [1.82, 2.24) is 40.5 Å². The zero-order valence-corrected chi connectivity index (χ0v) is 37.7. The second-order valence-electron chi connectivity index (χ2n) is 14.9. The van der Waals surface area contributed by atoms with Gasteiger partial charge in [0.1, 0.15) is 36.3 Å². The maximum absolute atomic E-state index is 12.7. The number of carbonyl (C=O) groups is 5. The van der Waals surface area contributed by atoms with Crippen LogP contribution in [0.2, 0.25) is 0 Å². The summed E-state index contributed by atoms with van der Waals surface area (Å²) >= 11 is 1.20. The van der Waals surface area contributed by atoms with Gasteiger partial charge in [-0.25, -0.2) is 34.5 Å². The monoisotopic (exact) mass is 992 g/mol. The molecule has 29 nitrogen and oxygen atoms in total. The molecule has 0 aromatic carbocycles. The second kappa shape index (κ2) is 22.8. The van der Waals surface area contributed by atoms with E-state index in [0.717, 1.165) is 17.2 Å². The van der Waals surface area contributed by atoms with E-state index >= 15 is 0 Å². The Morgan fingerprint density at radius 3 is 2.39 bits per heavy atom. The number of nitrogens with two attached hydrogens (primary N) is 2. The van der Waals surface area contributed by atoms with Crippen LogP contribution in [-0.2, 0) is 60.3 Å². The Kier molecular flexibility index (Phi) is 18.9. The Bertz CT molecular complexity index is 2150. The molecule has 5 amide bonds. The number of phosphoric ester groups is 3. The fourth-order valence-corrected chi connectivity index (χ4v) is 10.0. The molecule has 2 aliphatic heterocycles. The van der Waals surface area contributed by atoms with Crippen LogP contribution in [0.4, 0.5) is 5.82 Å². The molecule has 33 heteroatoms. The number of hydrogen-bond acceptors (Lipinski definition) is 21. The first-order valence-corrected chi connectivity index (χ1v) is 24.8. The minimum absolute atomic E-state index is 0.0185. The summed E-state index contributed by atoms with van der Waals surface area (Å²) in [6, 6.07) is 0. The fraction of sp³-hybridized carbons (Fsp3) is 0.677. The fourth-order valence-electron chi connectivity index (χ4n) is 6.15. The van der Waals surface area contributed by atoms with Gasteiger partial charge in [0, 0.05) is 50.1 Å². The van der Waals surface area contributed by atoms with Gasteiger partial charge in [0.25, 0.3) is 0 Å². The zero-order chi connectivity index (χ0) is 47.6. The van der Waals surface area contributed by atoms with Crippen LogP contribution in [0.3, 0.4) is 0 Å². The number of unbranched alkanes of at least 4 members (excludes halogenated alkanes) is 2. The molecule has 2 fully saturated rings. The lowest BCUT2D eigenvalue weighted by atomic mass is 9.87. The van der Waals surface area contributed by atoms with Gasteiger partial charge < -0.3 is 50.9 Å². The van der Waals surface area contributed by atoms with Crippen molar-refractivity contribution in [3.8, 4) is 0 Å². The van der Waals surface area contributed by atoms with E-state index in [0.29, 0.717) is 25.0 Å². The number of ether oxygens (including phenoxy) is 1. The third kappa shape index (κ3) is 15.3. The molecule has 360 valence electrons. The van der Waals surface area contributed by atoms with Crippen LogP contribution in [0, 0.1) is 5.41 Å². The number of hydrogen-bond donors (Lipinski definition) is 11. The number of hydrazine groups is 1. The number of phosphoric acid groups is 3. The number of carbonyl (C=O) groups excluding carboxylic acids is 5. The number of nitrogens with one attached hydrogen (secondary N) is 3. The molecule has 2 saturated heterocycles. The van der Waals surface area contributed by atoms with Gasteiger partial charge in [-0.05, 0) is 12.8 Å². The topological polar surface area (TPSA) is 439 Å². The van der Waals surface area contributed by atoms with Gasteiger partial charge in [-0.3, -0.25) is 52.4 Å². The van der Waals surface area contributed by atoms with Gasteiger partial charge in [0.05, 0.1) is 24.8 Å². The van der Waals surface area contributed by atoms with Crippen LogP contribution in [0.15, 0.2) is 12.7 Å². The molecular weight excluding hydrogens is 941 g/mol. The van der Waals surface area contributed by atoms with Crippen LogP contribution in [0.25, 0.3) is 11.2 Å². The van der Waals surface area contributed by atoms with E-state index in [2.05, 4.69) is 34.4 Å². The highest BCUT2D eigenvalue weighted by molar-refractivity contribution is 8.00. The predicted octanol–water partition coefficient (Wildman–Crippen LogP) is -2.18. The smallest absolute Gasteiger partial charge is 0.386 e.